The second kappa shape index (κ2) is 7.25. The van der Waals surface area contributed by atoms with Gasteiger partial charge in [0, 0.05) is 30.8 Å². The Labute approximate surface area is 152 Å². The molecule has 0 saturated carbocycles. The molecule has 3 rings (SSSR count). The number of nitrogens with zero attached hydrogens (tertiary/aromatic N) is 2. The number of benzene rings is 1. The number of aldehydes is 1. The van der Waals surface area contributed by atoms with Crippen LogP contribution in [0.4, 0.5) is 19.3 Å². The second-order valence-corrected chi connectivity index (χ2v) is 6.16. The Morgan fingerprint density at radius 3 is 2.65 bits per heavy atom. The Hall–Kier alpha value is -2.74. The van der Waals surface area contributed by atoms with Gasteiger partial charge in [0.25, 0.3) is 0 Å². The molecule has 1 atom stereocenters. The van der Waals surface area contributed by atoms with Gasteiger partial charge in [-0.05, 0) is 17.7 Å². The summed E-state index contributed by atoms with van der Waals surface area (Å²) in [6.45, 7) is 0.693. The maximum atomic E-state index is 13.7. The third-order valence-electron chi connectivity index (χ3n) is 4.06. The first-order chi connectivity index (χ1) is 12.4. The number of aromatic nitrogens is 1. The van der Waals surface area contributed by atoms with E-state index in [-0.39, 0.29) is 28.4 Å². The minimum Gasteiger partial charge on any atom is -0.444 e. The van der Waals surface area contributed by atoms with Crippen LogP contribution in [0, 0.1) is 11.6 Å². The van der Waals surface area contributed by atoms with E-state index in [9.17, 15) is 18.4 Å². The molecule has 2 heterocycles. The average Bonchev–Trinajstić information content (AvgIpc) is 3.00. The van der Waals surface area contributed by atoms with Gasteiger partial charge in [0.2, 0.25) is 0 Å². The molecule has 1 aromatic carbocycles. The molecule has 1 saturated heterocycles. The largest absolute Gasteiger partial charge is 0.444 e. The van der Waals surface area contributed by atoms with E-state index in [0.29, 0.717) is 24.9 Å². The van der Waals surface area contributed by atoms with Gasteiger partial charge in [-0.2, -0.15) is 0 Å². The number of halogens is 3. The highest BCUT2D eigenvalue weighted by Gasteiger charge is 2.30. The standard InChI is InChI=1S/C17H14ClF2N3O3/c18-16-14(9-3-11(19)5-12(20)4-9)15(10(8-24)6-22-16)23-2-1-13(7-23)26-17(21)25/h3-6,8,13H,1-2,7H2,(H2,21,25)/t13-/m0/s1. The minimum absolute atomic E-state index is 0.00475. The number of primary amides is 1. The quantitative estimate of drug-likeness (QED) is 0.649. The number of hydrogen-bond donors (Lipinski definition) is 1. The smallest absolute Gasteiger partial charge is 0.404 e. The number of carbonyl (C=O) groups is 2. The highest BCUT2D eigenvalue weighted by Crippen LogP contribution is 2.40. The molecular weight excluding hydrogens is 368 g/mol. The summed E-state index contributed by atoms with van der Waals surface area (Å²) in [5, 5.41) is -0.00475. The fourth-order valence-electron chi connectivity index (χ4n) is 3.07. The molecule has 9 heteroatoms. The number of ether oxygens (including phenoxy) is 1. The molecule has 136 valence electrons. The van der Waals surface area contributed by atoms with E-state index in [4.69, 9.17) is 22.1 Å². The molecule has 2 N–H and O–H groups in total. The van der Waals surface area contributed by atoms with Crippen LogP contribution in [0.25, 0.3) is 11.1 Å². The van der Waals surface area contributed by atoms with Crippen molar-refractivity contribution in [1.29, 1.82) is 0 Å². The first kappa shape index (κ1) is 18.1. The Morgan fingerprint density at radius 1 is 1.35 bits per heavy atom. The van der Waals surface area contributed by atoms with Gasteiger partial charge >= 0.3 is 6.09 Å². The first-order valence-corrected chi connectivity index (χ1v) is 8.08. The molecule has 1 amide bonds. The number of carbonyl (C=O) groups excluding carboxylic acids is 2. The Balaban J connectivity index is 2.10. The van der Waals surface area contributed by atoms with Crippen molar-refractivity contribution in [3.63, 3.8) is 0 Å². The maximum Gasteiger partial charge on any atom is 0.404 e. The van der Waals surface area contributed by atoms with Crippen LogP contribution < -0.4 is 10.6 Å². The van der Waals surface area contributed by atoms with Gasteiger partial charge in [-0.15, -0.1) is 0 Å². The molecule has 1 aliphatic heterocycles. The first-order valence-electron chi connectivity index (χ1n) is 7.70. The van der Waals surface area contributed by atoms with E-state index >= 15 is 0 Å². The van der Waals surface area contributed by atoms with Gasteiger partial charge in [0.15, 0.2) is 6.29 Å². The van der Waals surface area contributed by atoms with Gasteiger partial charge in [0.1, 0.15) is 22.9 Å². The molecule has 1 aliphatic rings. The highest BCUT2D eigenvalue weighted by atomic mass is 35.5. The number of nitrogens with two attached hydrogens (primary N) is 1. The molecule has 26 heavy (non-hydrogen) atoms. The molecular formula is C17H14ClF2N3O3. The van der Waals surface area contributed by atoms with Crippen molar-refractivity contribution >= 4 is 29.7 Å². The zero-order chi connectivity index (χ0) is 18.8. The van der Waals surface area contributed by atoms with Crippen molar-refractivity contribution in [2.75, 3.05) is 18.0 Å². The summed E-state index contributed by atoms with van der Waals surface area (Å²) in [7, 11) is 0. The van der Waals surface area contributed by atoms with Gasteiger partial charge in [-0.1, -0.05) is 11.6 Å². The van der Waals surface area contributed by atoms with Gasteiger partial charge in [-0.25, -0.2) is 18.6 Å². The van der Waals surface area contributed by atoms with Crippen LogP contribution in [0.1, 0.15) is 16.8 Å². The van der Waals surface area contributed by atoms with Crippen LogP contribution in [-0.2, 0) is 4.74 Å². The predicted octanol–water partition coefficient (Wildman–Crippen LogP) is 3.17. The van der Waals surface area contributed by atoms with Gasteiger partial charge in [-0.3, -0.25) is 4.79 Å². The number of rotatable bonds is 4. The summed E-state index contributed by atoms with van der Waals surface area (Å²) >= 11 is 6.19. The molecule has 1 aromatic heterocycles. The zero-order valence-corrected chi connectivity index (χ0v) is 14.2. The van der Waals surface area contributed by atoms with Crippen LogP contribution in [0.3, 0.4) is 0 Å². The monoisotopic (exact) mass is 381 g/mol. The molecule has 0 aliphatic carbocycles. The second-order valence-electron chi connectivity index (χ2n) is 5.80. The van der Waals surface area contributed by atoms with Crippen LogP contribution in [0.2, 0.25) is 5.15 Å². The summed E-state index contributed by atoms with van der Waals surface area (Å²) in [4.78, 5) is 28.2. The Bertz CT molecular complexity index is 858. The number of hydrogen-bond acceptors (Lipinski definition) is 5. The van der Waals surface area contributed by atoms with E-state index < -0.39 is 23.8 Å². The fraction of sp³-hybridized carbons (Fsp3) is 0.235. The molecule has 1 fully saturated rings. The van der Waals surface area contributed by atoms with E-state index in [1.807, 2.05) is 0 Å². The third kappa shape index (κ3) is 3.60. The minimum atomic E-state index is -0.896. The summed E-state index contributed by atoms with van der Waals surface area (Å²) in [6.07, 6.45) is 0.994. The normalized spacial score (nSPS) is 16.6. The molecule has 0 bridgehead atoms. The van der Waals surface area contributed by atoms with Gasteiger partial charge < -0.3 is 15.4 Å². The van der Waals surface area contributed by atoms with Crippen molar-refractivity contribution < 1.29 is 23.1 Å². The number of anilines is 1. The summed E-state index contributed by atoms with van der Waals surface area (Å²) < 4.78 is 32.4. The van der Waals surface area contributed by atoms with Crippen molar-refractivity contribution in [3.05, 3.63) is 46.7 Å². The third-order valence-corrected chi connectivity index (χ3v) is 4.34. The van der Waals surface area contributed by atoms with E-state index in [1.54, 1.807) is 4.90 Å². The molecule has 0 spiro atoms. The number of pyridine rings is 1. The van der Waals surface area contributed by atoms with Crippen LogP contribution >= 0.6 is 11.6 Å². The number of amides is 1. The lowest BCUT2D eigenvalue weighted by Crippen LogP contribution is -2.28. The van der Waals surface area contributed by atoms with Crippen LogP contribution in [0.15, 0.2) is 24.4 Å². The average molecular weight is 382 g/mol. The van der Waals surface area contributed by atoms with Crippen molar-refractivity contribution in [2.24, 2.45) is 5.73 Å². The topological polar surface area (TPSA) is 85.5 Å². The fourth-order valence-corrected chi connectivity index (χ4v) is 3.31. The lowest BCUT2D eigenvalue weighted by atomic mass is 10.0. The summed E-state index contributed by atoms with van der Waals surface area (Å²) in [5.74, 6) is -1.57. The molecule has 0 unspecified atom stereocenters. The van der Waals surface area contributed by atoms with Crippen molar-refractivity contribution in [2.45, 2.75) is 12.5 Å². The highest BCUT2D eigenvalue weighted by molar-refractivity contribution is 6.33. The Morgan fingerprint density at radius 2 is 2.04 bits per heavy atom. The SMILES string of the molecule is NC(=O)O[C@H]1CCN(c2c(C=O)cnc(Cl)c2-c2cc(F)cc(F)c2)C1. The maximum absolute atomic E-state index is 13.7. The predicted molar refractivity (Wildman–Crippen MR) is 91.3 cm³/mol. The zero-order valence-electron chi connectivity index (χ0n) is 13.4. The van der Waals surface area contributed by atoms with E-state index in [2.05, 4.69) is 4.98 Å². The van der Waals surface area contributed by atoms with Crippen molar-refractivity contribution in [3.8, 4) is 11.1 Å². The van der Waals surface area contributed by atoms with Crippen molar-refractivity contribution in [1.82, 2.24) is 4.98 Å². The van der Waals surface area contributed by atoms with Crippen LogP contribution in [0.5, 0.6) is 0 Å². The summed E-state index contributed by atoms with van der Waals surface area (Å²) in [5.41, 5.74) is 6.00. The van der Waals surface area contributed by atoms with Gasteiger partial charge in [0.05, 0.1) is 17.8 Å². The lowest BCUT2D eigenvalue weighted by Gasteiger charge is -2.24. The summed E-state index contributed by atoms with van der Waals surface area (Å²) in [6, 6.07) is 2.95. The lowest BCUT2D eigenvalue weighted by molar-refractivity contribution is 0.112. The van der Waals surface area contributed by atoms with Crippen LogP contribution in [-0.4, -0.2) is 36.6 Å². The molecule has 2 aromatic rings. The van der Waals surface area contributed by atoms with E-state index in [1.165, 1.54) is 6.20 Å². The molecule has 6 nitrogen and oxygen atoms in total. The van der Waals surface area contributed by atoms with E-state index in [0.717, 1.165) is 18.2 Å². The molecule has 0 radical (unpaired) electrons. The Kier molecular flexibility index (Phi) is 5.03.